The lowest BCUT2D eigenvalue weighted by atomic mass is 10.1. The quantitative estimate of drug-likeness (QED) is 0.428. The van der Waals surface area contributed by atoms with Crippen LogP contribution in [0.3, 0.4) is 0 Å². The highest BCUT2D eigenvalue weighted by Gasteiger charge is 2.14. The van der Waals surface area contributed by atoms with Crippen LogP contribution in [0.1, 0.15) is 19.4 Å². The Morgan fingerprint density at radius 3 is 2.70 bits per heavy atom. The molecule has 0 atom stereocenters. The van der Waals surface area contributed by atoms with Gasteiger partial charge >= 0.3 is 0 Å². The van der Waals surface area contributed by atoms with E-state index >= 15 is 0 Å². The van der Waals surface area contributed by atoms with Crippen molar-refractivity contribution in [1.82, 2.24) is 4.90 Å². The van der Waals surface area contributed by atoms with Crippen LogP contribution >= 0.6 is 0 Å². The van der Waals surface area contributed by atoms with E-state index in [9.17, 15) is 10.1 Å². The van der Waals surface area contributed by atoms with Crippen molar-refractivity contribution in [2.75, 3.05) is 38.7 Å². The lowest BCUT2D eigenvalue weighted by molar-refractivity contribution is -0.384. The lowest BCUT2D eigenvalue weighted by Crippen LogP contribution is -2.27. The number of hydrogen-bond acceptors (Lipinski definition) is 5. The largest absolute Gasteiger partial charge is 0.383 e. The number of likely N-dealkylation sites (N-methyl/N-ethyl adjacent to an activating group) is 1. The summed E-state index contributed by atoms with van der Waals surface area (Å²) in [5, 5.41) is 13.9. The molecule has 0 spiro atoms. The van der Waals surface area contributed by atoms with Crippen molar-refractivity contribution in [2.45, 2.75) is 20.4 Å². The van der Waals surface area contributed by atoms with Gasteiger partial charge in [-0.2, -0.15) is 0 Å². The minimum atomic E-state index is -0.355. The average Bonchev–Trinajstić information content (AvgIpc) is 2.46. The third-order valence-corrected chi connectivity index (χ3v) is 3.14. The van der Waals surface area contributed by atoms with E-state index in [0.717, 1.165) is 18.7 Å². The molecule has 0 saturated heterocycles. The molecule has 1 rings (SSSR count). The van der Waals surface area contributed by atoms with E-state index in [1.807, 2.05) is 13.0 Å². The van der Waals surface area contributed by atoms with Crippen LogP contribution in [0.5, 0.6) is 0 Å². The second kappa shape index (κ2) is 8.50. The maximum atomic E-state index is 11.0. The molecule has 0 fully saturated rings. The summed E-state index contributed by atoms with van der Waals surface area (Å²) in [5.41, 5.74) is 1.59. The summed E-state index contributed by atoms with van der Waals surface area (Å²) >= 11 is 0. The summed E-state index contributed by atoms with van der Waals surface area (Å²) in [6.45, 7) is 7.83. The molecule has 0 bridgehead atoms. The molecule has 1 aromatic carbocycles. The number of ether oxygens (including phenoxy) is 1. The van der Waals surface area contributed by atoms with Crippen LogP contribution in [-0.2, 0) is 11.3 Å². The van der Waals surface area contributed by atoms with Crippen molar-refractivity contribution in [3.05, 3.63) is 33.9 Å². The number of nitrogens with zero attached hydrogens (tertiary/aromatic N) is 2. The summed E-state index contributed by atoms with van der Waals surface area (Å²) in [6, 6.07) is 5.31. The van der Waals surface area contributed by atoms with E-state index in [1.54, 1.807) is 19.2 Å². The number of nitro benzene ring substituents is 1. The van der Waals surface area contributed by atoms with Gasteiger partial charge in [-0.05, 0) is 25.1 Å². The minimum absolute atomic E-state index is 0.117. The molecule has 1 N–H and O–H groups in total. The molecule has 6 nitrogen and oxygen atoms in total. The molecule has 0 radical (unpaired) electrons. The van der Waals surface area contributed by atoms with Gasteiger partial charge in [0.25, 0.3) is 5.69 Å². The number of rotatable bonds is 9. The first-order valence-electron chi connectivity index (χ1n) is 6.87. The van der Waals surface area contributed by atoms with Gasteiger partial charge in [0.2, 0.25) is 0 Å². The molecule has 0 aliphatic heterocycles. The molecule has 0 saturated carbocycles. The molecule has 1 aromatic rings. The van der Waals surface area contributed by atoms with Gasteiger partial charge in [-0.3, -0.25) is 15.0 Å². The van der Waals surface area contributed by atoms with E-state index in [1.165, 1.54) is 0 Å². The highest BCUT2D eigenvalue weighted by atomic mass is 16.6. The number of nitrogens with one attached hydrogen (secondary N) is 1. The fourth-order valence-electron chi connectivity index (χ4n) is 1.98. The number of nitro groups is 1. The Labute approximate surface area is 119 Å². The van der Waals surface area contributed by atoms with Crippen molar-refractivity contribution in [1.29, 1.82) is 0 Å². The summed E-state index contributed by atoms with van der Waals surface area (Å²) in [4.78, 5) is 12.9. The Morgan fingerprint density at radius 1 is 1.40 bits per heavy atom. The van der Waals surface area contributed by atoms with Crippen molar-refractivity contribution >= 4 is 11.4 Å². The number of hydrogen-bond donors (Lipinski definition) is 1. The first kappa shape index (κ1) is 16.4. The van der Waals surface area contributed by atoms with Crippen LogP contribution < -0.4 is 5.32 Å². The van der Waals surface area contributed by atoms with Gasteiger partial charge in [0.1, 0.15) is 5.69 Å². The van der Waals surface area contributed by atoms with Crippen molar-refractivity contribution < 1.29 is 9.66 Å². The molecule has 0 heterocycles. The monoisotopic (exact) mass is 281 g/mol. The zero-order chi connectivity index (χ0) is 15.0. The van der Waals surface area contributed by atoms with E-state index in [0.29, 0.717) is 25.4 Å². The summed E-state index contributed by atoms with van der Waals surface area (Å²) < 4.78 is 5.34. The van der Waals surface area contributed by atoms with Crippen LogP contribution in [-0.4, -0.2) is 43.2 Å². The van der Waals surface area contributed by atoms with Crippen LogP contribution in [0.2, 0.25) is 0 Å². The van der Waals surface area contributed by atoms with Crippen LogP contribution in [0.25, 0.3) is 0 Å². The number of anilines is 1. The van der Waals surface area contributed by atoms with Crippen LogP contribution in [0.15, 0.2) is 18.2 Å². The Kier molecular flexibility index (Phi) is 6.97. The Bertz CT molecular complexity index is 438. The maximum Gasteiger partial charge on any atom is 0.292 e. The summed E-state index contributed by atoms with van der Waals surface area (Å²) in [7, 11) is 1.68. The van der Waals surface area contributed by atoms with E-state index in [4.69, 9.17) is 4.74 Å². The standard InChI is InChI=1S/C14H23N3O3/c1-4-16(8-9-20-5-2)11-12-6-7-13(15-3)14(10-12)17(18)19/h6-7,10,15H,4-5,8-9,11H2,1-3H3. The molecule has 0 aliphatic rings. The molecule has 0 unspecified atom stereocenters. The van der Waals surface area contributed by atoms with Crippen molar-refractivity contribution in [2.24, 2.45) is 0 Å². The molecule has 0 amide bonds. The Morgan fingerprint density at radius 2 is 2.15 bits per heavy atom. The van der Waals surface area contributed by atoms with Gasteiger partial charge < -0.3 is 10.1 Å². The molecule has 112 valence electrons. The van der Waals surface area contributed by atoms with Crippen molar-refractivity contribution in [3.8, 4) is 0 Å². The first-order chi connectivity index (χ1) is 9.62. The first-order valence-corrected chi connectivity index (χ1v) is 6.87. The molecule has 20 heavy (non-hydrogen) atoms. The fraction of sp³-hybridized carbons (Fsp3) is 0.571. The SMILES string of the molecule is CCOCCN(CC)Cc1ccc(NC)c([N+](=O)[O-])c1. The molecular formula is C14H23N3O3. The molecule has 0 aliphatic carbocycles. The van der Waals surface area contributed by atoms with Gasteiger partial charge in [-0.25, -0.2) is 0 Å². The third kappa shape index (κ3) is 4.79. The smallest absolute Gasteiger partial charge is 0.292 e. The van der Waals surface area contributed by atoms with Gasteiger partial charge in [0.05, 0.1) is 11.5 Å². The highest BCUT2D eigenvalue weighted by molar-refractivity contribution is 5.62. The molecule has 0 aromatic heterocycles. The second-order valence-corrected chi connectivity index (χ2v) is 4.42. The Balaban J connectivity index is 2.75. The maximum absolute atomic E-state index is 11.0. The molecular weight excluding hydrogens is 258 g/mol. The fourth-order valence-corrected chi connectivity index (χ4v) is 1.98. The Hall–Kier alpha value is -1.66. The highest BCUT2D eigenvalue weighted by Crippen LogP contribution is 2.25. The molecule has 6 heteroatoms. The zero-order valence-electron chi connectivity index (χ0n) is 12.4. The predicted molar refractivity (Wildman–Crippen MR) is 80.1 cm³/mol. The van der Waals surface area contributed by atoms with Crippen molar-refractivity contribution in [3.63, 3.8) is 0 Å². The normalized spacial score (nSPS) is 10.8. The second-order valence-electron chi connectivity index (χ2n) is 4.42. The third-order valence-electron chi connectivity index (χ3n) is 3.14. The minimum Gasteiger partial charge on any atom is -0.383 e. The number of benzene rings is 1. The van der Waals surface area contributed by atoms with Gasteiger partial charge in [0.15, 0.2) is 0 Å². The van der Waals surface area contributed by atoms with Gasteiger partial charge in [0, 0.05) is 32.8 Å². The lowest BCUT2D eigenvalue weighted by Gasteiger charge is -2.20. The van der Waals surface area contributed by atoms with Crippen LogP contribution in [0, 0.1) is 10.1 Å². The summed E-state index contributed by atoms with van der Waals surface area (Å²) in [5.74, 6) is 0. The topological polar surface area (TPSA) is 67.6 Å². The van der Waals surface area contributed by atoms with Crippen LogP contribution in [0.4, 0.5) is 11.4 Å². The van der Waals surface area contributed by atoms with E-state index in [-0.39, 0.29) is 10.6 Å². The van der Waals surface area contributed by atoms with Gasteiger partial charge in [-0.1, -0.05) is 13.0 Å². The average molecular weight is 281 g/mol. The zero-order valence-corrected chi connectivity index (χ0v) is 12.4. The van der Waals surface area contributed by atoms with Gasteiger partial charge in [-0.15, -0.1) is 0 Å². The van der Waals surface area contributed by atoms with E-state index in [2.05, 4.69) is 17.1 Å². The predicted octanol–water partition coefficient (Wildman–Crippen LogP) is 2.49. The van der Waals surface area contributed by atoms with E-state index < -0.39 is 0 Å². The summed E-state index contributed by atoms with van der Waals surface area (Å²) in [6.07, 6.45) is 0.